The molecule has 0 N–H and O–H groups in total. The summed E-state index contributed by atoms with van der Waals surface area (Å²) < 4.78 is 0. The molecule has 1 amide bonds. The van der Waals surface area contributed by atoms with E-state index in [1.165, 1.54) is 29.5 Å². The van der Waals surface area contributed by atoms with Gasteiger partial charge in [-0.25, -0.2) is 0 Å². The molecule has 0 fully saturated rings. The van der Waals surface area contributed by atoms with Crippen LogP contribution >= 0.6 is 11.8 Å². The van der Waals surface area contributed by atoms with Crippen LogP contribution in [0.3, 0.4) is 0 Å². The number of carbonyl (C=O) groups excluding carboxylic acids is 1. The van der Waals surface area contributed by atoms with Crippen molar-refractivity contribution in [2.24, 2.45) is 0 Å². The largest absolute Gasteiger partial charge is 0.308 e. The molecule has 2 aromatic carbocycles. The zero-order valence-corrected chi connectivity index (χ0v) is 14.3. The quantitative estimate of drug-likeness (QED) is 0.478. The maximum absolute atomic E-state index is 12.9. The van der Waals surface area contributed by atoms with Crippen LogP contribution in [-0.4, -0.2) is 22.1 Å². The van der Waals surface area contributed by atoms with Crippen molar-refractivity contribution >= 4 is 29.0 Å². The van der Waals surface area contributed by atoms with Crippen molar-refractivity contribution in [2.75, 3.05) is 4.90 Å². The Bertz CT molecular complexity index is 776. The molecule has 0 saturated carbocycles. The lowest BCUT2D eigenvalue weighted by atomic mass is 10.1. The number of nitro benzene ring substituents is 1. The van der Waals surface area contributed by atoms with Gasteiger partial charge < -0.3 is 4.90 Å². The second-order valence-electron chi connectivity index (χ2n) is 5.90. The smallest absolute Gasteiger partial charge is 0.269 e. The molecule has 1 aliphatic heterocycles. The van der Waals surface area contributed by atoms with E-state index >= 15 is 0 Å². The number of non-ortho nitro benzene ring substituents is 1. The SMILES string of the molecule is CC(Sc1ccc([N+](=O)[O-])cc1)C(=O)N1c2ccccc2CC1C. The van der Waals surface area contributed by atoms with Crippen molar-refractivity contribution in [1.29, 1.82) is 0 Å². The molecular formula is C18H18N2O3S. The molecule has 2 atom stereocenters. The molecule has 0 bridgehead atoms. The summed E-state index contributed by atoms with van der Waals surface area (Å²) in [4.78, 5) is 25.9. The maximum atomic E-state index is 12.9. The van der Waals surface area contributed by atoms with Crippen molar-refractivity contribution < 1.29 is 9.72 Å². The average Bonchev–Trinajstić information content (AvgIpc) is 2.90. The summed E-state index contributed by atoms with van der Waals surface area (Å²) in [6.45, 7) is 3.93. The molecule has 0 saturated heterocycles. The number of para-hydroxylation sites is 1. The van der Waals surface area contributed by atoms with Gasteiger partial charge in [0.15, 0.2) is 0 Å². The minimum Gasteiger partial charge on any atom is -0.308 e. The second kappa shape index (κ2) is 6.65. The van der Waals surface area contributed by atoms with E-state index in [2.05, 4.69) is 13.0 Å². The van der Waals surface area contributed by atoms with E-state index < -0.39 is 4.92 Å². The highest BCUT2D eigenvalue weighted by atomic mass is 32.2. The number of anilines is 1. The van der Waals surface area contributed by atoms with Crippen LogP contribution in [0, 0.1) is 10.1 Å². The zero-order valence-electron chi connectivity index (χ0n) is 13.5. The molecule has 0 aliphatic carbocycles. The standard InChI is InChI=1S/C18H18N2O3S/c1-12-11-14-5-3-4-6-17(14)19(12)18(21)13(2)24-16-9-7-15(8-10-16)20(22)23/h3-10,12-13H,11H2,1-2H3. The molecule has 1 aliphatic rings. The van der Waals surface area contributed by atoms with Gasteiger partial charge in [0.2, 0.25) is 5.91 Å². The molecule has 6 heteroatoms. The van der Waals surface area contributed by atoms with Gasteiger partial charge in [0, 0.05) is 28.8 Å². The Morgan fingerprint density at radius 3 is 2.58 bits per heavy atom. The Morgan fingerprint density at radius 1 is 1.25 bits per heavy atom. The fraction of sp³-hybridized carbons (Fsp3) is 0.278. The van der Waals surface area contributed by atoms with E-state index in [9.17, 15) is 14.9 Å². The number of benzene rings is 2. The van der Waals surface area contributed by atoms with Crippen molar-refractivity contribution in [3.63, 3.8) is 0 Å². The molecule has 5 nitrogen and oxygen atoms in total. The number of nitro groups is 1. The third-order valence-corrected chi connectivity index (χ3v) is 5.25. The summed E-state index contributed by atoms with van der Waals surface area (Å²) in [5.74, 6) is 0.0656. The highest BCUT2D eigenvalue weighted by Gasteiger charge is 2.33. The van der Waals surface area contributed by atoms with Crippen molar-refractivity contribution in [2.45, 2.75) is 36.5 Å². The van der Waals surface area contributed by atoms with E-state index in [1.54, 1.807) is 12.1 Å². The van der Waals surface area contributed by atoms with Crippen LogP contribution in [0.1, 0.15) is 19.4 Å². The molecule has 124 valence electrons. The van der Waals surface area contributed by atoms with Gasteiger partial charge in [-0.1, -0.05) is 18.2 Å². The molecular weight excluding hydrogens is 324 g/mol. The van der Waals surface area contributed by atoms with Crippen molar-refractivity contribution in [1.82, 2.24) is 0 Å². The first-order valence-corrected chi connectivity index (χ1v) is 8.67. The van der Waals surface area contributed by atoms with E-state index in [4.69, 9.17) is 0 Å². The normalized spacial score (nSPS) is 17.4. The molecule has 0 spiro atoms. The molecule has 2 aromatic rings. The number of fused-ring (bicyclic) bond motifs is 1. The first-order chi connectivity index (χ1) is 11.5. The third-order valence-electron chi connectivity index (χ3n) is 4.15. The summed E-state index contributed by atoms with van der Waals surface area (Å²) in [5.41, 5.74) is 2.25. The Morgan fingerprint density at radius 2 is 1.92 bits per heavy atom. The number of rotatable bonds is 4. The number of carbonyl (C=O) groups is 1. The minimum absolute atomic E-state index is 0.0559. The van der Waals surface area contributed by atoms with Gasteiger partial charge in [0.25, 0.3) is 5.69 Å². The zero-order chi connectivity index (χ0) is 17.3. The highest BCUT2D eigenvalue weighted by Crippen LogP contribution is 2.35. The Hall–Kier alpha value is -2.34. The minimum atomic E-state index is -0.425. The summed E-state index contributed by atoms with van der Waals surface area (Å²) >= 11 is 1.42. The molecule has 0 aromatic heterocycles. The van der Waals surface area contributed by atoms with Gasteiger partial charge in [-0.2, -0.15) is 0 Å². The molecule has 24 heavy (non-hydrogen) atoms. The fourth-order valence-corrected chi connectivity index (χ4v) is 3.91. The number of thioether (sulfide) groups is 1. The second-order valence-corrected chi connectivity index (χ2v) is 7.32. The van der Waals surface area contributed by atoms with Crippen LogP contribution in [0.15, 0.2) is 53.4 Å². The van der Waals surface area contributed by atoms with Gasteiger partial charge in [-0.15, -0.1) is 11.8 Å². The summed E-state index contributed by atoms with van der Waals surface area (Å²) in [7, 11) is 0. The van der Waals surface area contributed by atoms with E-state index in [0.29, 0.717) is 0 Å². The fourth-order valence-electron chi connectivity index (χ4n) is 3.00. The van der Waals surface area contributed by atoms with Crippen LogP contribution in [0.2, 0.25) is 0 Å². The van der Waals surface area contributed by atoms with Crippen LogP contribution in [0.5, 0.6) is 0 Å². The van der Waals surface area contributed by atoms with Gasteiger partial charge >= 0.3 is 0 Å². The first-order valence-electron chi connectivity index (χ1n) is 7.79. The molecule has 1 heterocycles. The molecule has 3 rings (SSSR count). The van der Waals surface area contributed by atoms with Gasteiger partial charge in [0.05, 0.1) is 10.2 Å². The maximum Gasteiger partial charge on any atom is 0.269 e. The predicted molar refractivity (Wildman–Crippen MR) is 95.5 cm³/mol. The number of nitrogens with zero attached hydrogens (tertiary/aromatic N) is 2. The van der Waals surface area contributed by atoms with Crippen molar-refractivity contribution in [3.8, 4) is 0 Å². The third kappa shape index (κ3) is 3.14. The highest BCUT2D eigenvalue weighted by molar-refractivity contribution is 8.00. The van der Waals surface area contributed by atoms with Gasteiger partial charge in [-0.05, 0) is 44.0 Å². The summed E-state index contributed by atoms with van der Waals surface area (Å²) in [6.07, 6.45) is 0.872. The lowest BCUT2D eigenvalue weighted by Gasteiger charge is -2.25. The van der Waals surface area contributed by atoms with Crippen LogP contribution in [0.4, 0.5) is 11.4 Å². The molecule has 0 radical (unpaired) electrons. The van der Waals surface area contributed by atoms with Crippen LogP contribution in [0.25, 0.3) is 0 Å². The van der Waals surface area contributed by atoms with Gasteiger partial charge in [-0.3, -0.25) is 14.9 Å². The Kier molecular flexibility index (Phi) is 4.57. The van der Waals surface area contributed by atoms with E-state index in [0.717, 1.165) is 17.0 Å². The monoisotopic (exact) mass is 342 g/mol. The van der Waals surface area contributed by atoms with Crippen LogP contribution < -0.4 is 4.90 Å². The predicted octanol–water partition coefficient (Wildman–Crippen LogP) is 4.05. The summed E-state index contributed by atoms with van der Waals surface area (Å²) in [5, 5.41) is 10.4. The van der Waals surface area contributed by atoms with Crippen LogP contribution in [-0.2, 0) is 11.2 Å². The topological polar surface area (TPSA) is 63.5 Å². The lowest BCUT2D eigenvalue weighted by molar-refractivity contribution is -0.384. The lowest BCUT2D eigenvalue weighted by Crippen LogP contribution is -2.40. The van der Waals surface area contributed by atoms with Crippen molar-refractivity contribution in [3.05, 3.63) is 64.2 Å². The number of hydrogen-bond acceptors (Lipinski definition) is 4. The summed E-state index contributed by atoms with van der Waals surface area (Å²) in [6, 6.07) is 14.4. The first kappa shape index (κ1) is 16.5. The van der Waals surface area contributed by atoms with Gasteiger partial charge in [0.1, 0.15) is 0 Å². The Balaban J connectivity index is 1.74. The Labute approximate surface area is 144 Å². The molecule has 2 unspecified atom stereocenters. The van der Waals surface area contributed by atoms with E-state index in [-0.39, 0.29) is 22.9 Å². The van der Waals surface area contributed by atoms with E-state index in [1.807, 2.05) is 30.0 Å². The number of amides is 1. The average molecular weight is 342 g/mol. The number of hydrogen-bond donors (Lipinski definition) is 0.